The van der Waals surface area contributed by atoms with Gasteiger partial charge in [0.1, 0.15) is 0 Å². The van der Waals surface area contributed by atoms with Crippen LogP contribution in [-0.2, 0) is 0 Å². The molecule has 0 radical (unpaired) electrons. The lowest BCUT2D eigenvalue weighted by molar-refractivity contribution is 0.0467. The minimum Gasteiger partial charge on any atom is -0.308 e. The first-order valence-corrected chi connectivity index (χ1v) is 7.47. The number of nitrogens with zero attached hydrogens (tertiary/aromatic N) is 1. The van der Waals surface area contributed by atoms with Crippen LogP contribution in [0.5, 0.6) is 0 Å². The van der Waals surface area contributed by atoms with E-state index in [0.717, 1.165) is 18.1 Å². The maximum atomic E-state index is 3.89. The van der Waals surface area contributed by atoms with Crippen molar-refractivity contribution >= 4 is 0 Å². The van der Waals surface area contributed by atoms with E-state index in [2.05, 4.69) is 29.4 Å². The highest BCUT2D eigenvalue weighted by atomic mass is 15.2. The Balaban J connectivity index is 1.58. The second kappa shape index (κ2) is 5.11. The first-order valence-electron chi connectivity index (χ1n) is 7.47. The summed E-state index contributed by atoms with van der Waals surface area (Å²) in [7, 11) is 2.34. The van der Waals surface area contributed by atoms with Gasteiger partial charge in [-0.15, -0.1) is 0 Å². The molecule has 2 bridgehead atoms. The number of hydrogen-bond donors (Lipinski definition) is 1. The molecule has 0 aromatic heterocycles. The SMILES string of the molecule is CN1C2CCCC1CC(NC1C=CCCC1)C2. The molecule has 0 aromatic rings. The van der Waals surface area contributed by atoms with Crippen molar-refractivity contribution in [2.45, 2.75) is 75.5 Å². The van der Waals surface area contributed by atoms with E-state index in [1.54, 1.807) is 0 Å². The van der Waals surface area contributed by atoms with Gasteiger partial charge in [0.2, 0.25) is 0 Å². The van der Waals surface area contributed by atoms with Gasteiger partial charge in [0.05, 0.1) is 0 Å². The molecular formula is C15H26N2. The summed E-state index contributed by atoms with van der Waals surface area (Å²) in [6, 6.07) is 3.15. The number of rotatable bonds is 2. The molecule has 2 heteroatoms. The van der Waals surface area contributed by atoms with E-state index in [1.165, 1.54) is 51.4 Å². The number of allylic oxidation sites excluding steroid dienone is 1. The highest BCUT2D eigenvalue weighted by Crippen LogP contribution is 2.33. The van der Waals surface area contributed by atoms with Crippen LogP contribution in [0.3, 0.4) is 0 Å². The summed E-state index contributed by atoms with van der Waals surface area (Å²) < 4.78 is 0. The summed E-state index contributed by atoms with van der Waals surface area (Å²) in [5.41, 5.74) is 0. The third-order valence-electron chi connectivity index (χ3n) is 5.04. The lowest BCUT2D eigenvalue weighted by Gasteiger charge is -2.48. The Kier molecular flexibility index (Phi) is 3.53. The molecule has 3 rings (SSSR count). The minimum absolute atomic E-state index is 0.665. The van der Waals surface area contributed by atoms with Gasteiger partial charge in [-0.25, -0.2) is 0 Å². The zero-order valence-electron chi connectivity index (χ0n) is 11.1. The second-order valence-corrected chi connectivity index (χ2v) is 6.20. The smallest absolute Gasteiger partial charge is 0.0252 e. The molecule has 2 heterocycles. The Hall–Kier alpha value is -0.340. The average molecular weight is 234 g/mol. The zero-order valence-corrected chi connectivity index (χ0v) is 11.1. The first kappa shape index (κ1) is 11.7. The molecule has 0 amide bonds. The standard InChI is InChI=1S/C15H26N2/c1-17-14-8-5-9-15(17)11-13(10-14)16-12-6-3-2-4-7-12/h3,6,12-16H,2,4-5,7-11H2,1H3. The van der Waals surface area contributed by atoms with Gasteiger partial charge in [0.25, 0.3) is 0 Å². The fraction of sp³-hybridized carbons (Fsp3) is 0.867. The summed E-state index contributed by atoms with van der Waals surface area (Å²) >= 11 is 0. The second-order valence-electron chi connectivity index (χ2n) is 6.20. The Labute approximate surface area is 105 Å². The summed E-state index contributed by atoms with van der Waals surface area (Å²) in [4.78, 5) is 2.65. The molecule has 3 atom stereocenters. The topological polar surface area (TPSA) is 15.3 Å². The van der Waals surface area contributed by atoms with Crippen LogP contribution in [0.4, 0.5) is 0 Å². The zero-order chi connectivity index (χ0) is 11.7. The largest absolute Gasteiger partial charge is 0.308 e. The molecule has 2 fully saturated rings. The van der Waals surface area contributed by atoms with Gasteiger partial charge >= 0.3 is 0 Å². The van der Waals surface area contributed by atoms with Crippen LogP contribution >= 0.6 is 0 Å². The van der Waals surface area contributed by atoms with Gasteiger partial charge < -0.3 is 10.2 Å². The Morgan fingerprint density at radius 2 is 1.82 bits per heavy atom. The van der Waals surface area contributed by atoms with Crippen LogP contribution in [0.25, 0.3) is 0 Å². The van der Waals surface area contributed by atoms with E-state index in [1.807, 2.05) is 0 Å². The van der Waals surface area contributed by atoms with Crippen molar-refractivity contribution in [1.82, 2.24) is 10.2 Å². The number of fused-ring (bicyclic) bond motifs is 2. The fourth-order valence-corrected chi connectivity index (χ4v) is 4.01. The summed E-state index contributed by atoms with van der Waals surface area (Å²) in [6.07, 6.45) is 15.8. The molecule has 1 N–H and O–H groups in total. The van der Waals surface area contributed by atoms with Gasteiger partial charge in [0.15, 0.2) is 0 Å². The molecule has 96 valence electrons. The predicted molar refractivity (Wildman–Crippen MR) is 72.1 cm³/mol. The van der Waals surface area contributed by atoms with Crippen LogP contribution in [0.2, 0.25) is 0 Å². The third-order valence-corrected chi connectivity index (χ3v) is 5.04. The van der Waals surface area contributed by atoms with E-state index >= 15 is 0 Å². The number of hydrogen-bond acceptors (Lipinski definition) is 2. The monoisotopic (exact) mass is 234 g/mol. The highest BCUT2D eigenvalue weighted by Gasteiger charge is 2.36. The minimum atomic E-state index is 0.665. The summed E-state index contributed by atoms with van der Waals surface area (Å²) in [5, 5.41) is 3.89. The van der Waals surface area contributed by atoms with Crippen LogP contribution in [0.1, 0.15) is 51.4 Å². The van der Waals surface area contributed by atoms with Crippen molar-refractivity contribution in [3.63, 3.8) is 0 Å². The number of nitrogens with one attached hydrogen (secondary N) is 1. The van der Waals surface area contributed by atoms with Crippen LogP contribution in [0.15, 0.2) is 12.2 Å². The van der Waals surface area contributed by atoms with Crippen LogP contribution in [0, 0.1) is 0 Å². The Morgan fingerprint density at radius 3 is 2.47 bits per heavy atom. The molecule has 2 nitrogen and oxygen atoms in total. The van der Waals surface area contributed by atoms with E-state index < -0.39 is 0 Å². The summed E-state index contributed by atoms with van der Waals surface area (Å²) in [6.45, 7) is 0. The molecular weight excluding hydrogens is 208 g/mol. The molecule has 1 aliphatic carbocycles. The Morgan fingerprint density at radius 1 is 1.06 bits per heavy atom. The van der Waals surface area contributed by atoms with Crippen molar-refractivity contribution in [3.05, 3.63) is 12.2 Å². The third kappa shape index (κ3) is 2.58. The van der Waals surface area contributed by atoms with E-state index in [0.29, 0.717) is 6.04 Å². The Bertz CT molecular complexity index is 273. The van der Waals surface area contributed by atoms with Gasteiger partial charge in [-0.1, -0.05) is 18.6 Å². The fourth-order valence-electron chi connectivity index (χ4n) is 4.01. The van der Waals surface area contributed by atoms with Gasteiger partial charge in [-0.3, -0.25) is 0 Å². The highest BCUT2D eigenvalue weighted by molar-refractivity contribution is 5.01. The quantitative estimate of drug-likeness (QED) is 0.739. The maximum absolute atomic E-state index is 3.89. The van der Waals surface area contributed by atoms with Crippen molar-refractivity contribution in [3.8, 4) is 0 Å². The maximum Gasteiger partial charge on any atom is 0.0252 e. The van der Waals surface area contributed by atoms with Crippen molar-refractivity contribution < 1.29 is 0 Å². The van der Waals surface area contributed by atoms with Gasteiger partial charge in [-0.2, -0.15) is 0 Å². The van der Waals surface area contributed by atoms with Gasteiger partial charge in [-0.05, 0) is 52.0 Å². The van der Waals surface area contributed by atoms with Crippen LogP contribution < -0.4 is 5.32 Å². The summed E-state index contributed by atoms with van der Waals surface area (Å²) in [5.74, 6) is 0. The average Bonchev–Trinajstić information content (AvgIpc) is 2.32. The van der Waals surface area contributed by atoms with Crippen molar-refractivity contribution in [1.29, 1.82) is 0 Å². The van der Waals surface area contributed by atoms with E-state index in [4.69, 9.17) is 0 Å². The lowest BCUT2D eigenvalue weighted by atomic mass is 9.82. The van der Waals surface area contributed by atoms with Crippen molar-refractivity contribution in [2.75, 3.05) is 7.05 Å². The van der Waals surface area contributed by atoms with Gasteiger partial charge in [0, 0.05) is 24.2 Å². The van der Waals surface area contributed by atoms with E-state index in [-0.39, 0.29) is 0 Å². The van der Waals surface area contributed by atoms with E-state index in [9.17, 15) is 0 Å². The molecule has 2 aliphatic heterocycles. The lowest BCUT2D eigenvalue weighted by Crippen LogP contribution is -2.55. The molecule has 0 spiro atoms. The predicted octanol–water partition coefficient (Wildman–Crippen LogP) is 2.70. The molecule has 3 aliphatic rings. The normalized spacial score (nSPS) is 42.6. The number of piperidine rings is 2. The molecule has 17 heavy (non-hydrogen) atoms. The van der Waals surface area contributed by atoms with Crippen LogP contribution in [-0.4, -0.2) is 36.1 Å². The van der Waals surface area contributed by atoms with Crippen molar-refractivity contribution in [2.24, 2.45) is 0 Å². The molecule has 0 aromatic carbocycles. The molecule has 0 saturated carbocycles. The molecule has 2 saturated heterocycles. The molecule has 3 unspecified atom stereocenters. The first-order chi connectivity index (χ1) is 8.33.